The van der Waals surface area contributed by atoms with Crippen LogP contribution in [0.25, 0.3) is 0 Å². The number of nitrogens with one attached hydrogen (secondary N) is 1. The molecule has 0 fully saturated rings. The summed E-state index contributed by atoms with van der Waals surface area (Å²) in [5.74, 6) is -1.49. The topological polar surface area (TPSA) is 125 Å². The monoisotopic (exact) mass is 383 g/mol. The molecule has 10 heteroatoms. The van der Waals surface area contributed by atoms with Crippen molar-refractivity contribution < 1.29 is 19.2 Å². The number of carbonyl (C=O) groups is 2. The average molecular weight is 384 g/mol. The van der Waals surface area contributed by atoms with E-state index in [1.165, 1.54) is 36.4 Å². The van der Waals surface area contributed by atoms with E-state index in [1.807, 2.05) is 0 Å². The molecule has 0 aliphatic heterocycles. The van der Waals surface area contributed by atoms with Crippen LogP contribution in [0.4, 0.5) is 17.1 Å². The quantitative estimate of drug-likeness (QED) is 0.353. The van der Waals surface area contributed by atoms with Crippen molar-refractivity contribution in [2.24, 2.45) is 0 Å². The van der Waals surface area contributed by atoms with Gasteiger partial charge in [0.1, 0.15) is 0 Å². The lowest BCUT2D eigenvalue weighted by molar-refractivity contribution is -0.384. The van der Waals surface area contributed by atoms with Crippen molar-refractivity contribution in [3.8, 4) is 0 Å². The second-order valence-corrected chi connectivity index (χ2v) is 5.62. The molecule has 25 heavy (non-hydrogen) atoms. The van der Waals surface area contributed by atoms with Crippen molar-refractivity contribution in [1.82, 2.24) is 0 Å². The normalized spacial score (nSPS) is 10.2. The number of halogens is 2. The third-order valence-corrected chi connectivity index (χ3v) is 3.54. The smallest absolute Gasteiger partial charge is 0.340 e. The number of carbonyl (C=O) groups excluding carboxylic acids is 2. The van der Waals surface area contributed by atoms with E-state index in [9.17, 15) is 19.7 Å². The average Bonchev–Trinajstić information content (AvgIpc) is 2.56. The van der Waals surface area contributed by atoms with Crippen LogP contribution in [0.2, 0.25) is 10.0 Å². The number of nitrogen functional groups attached to an aromatic ring is 1. The second-order valence-electron chi connectivity index (χ2n) is 4.78. The zero-order valence-corrected chi connectivity index (χ0v) is 14.0. The second kappa shape index (κ2) is 7.82. The predicted molar refractivity (Wildman–Crippen MR) is 92.9 cm³/mol. The molecular weight excluding hydrogens is 373 g/mol. The molecule has 0 spiro atoms. The van der Waals surface area contributed by atoms with Crippen molar-refractivity contribution in [2.45, 2.75) is 0 Å². The van der Waals surface area contributed by atoms with Crippen LogP contribution in [0.15, 0.2) is 36.4 Å². The molecular formula is C15H11Cl2N3O5. The first-order chi connectivity index (χ1) is 11.8. The number of anilines is 2. The number of rotatable bonds is 5. The summed E-state index contributed by atoms with van der Waals surface area (Å²) in [6, 6.07) is 7.82. The van der Waals surface area contributed by atoms with Gasteiger partial charge in [-0.2, -0.15) is 0 Å². The Hall–Kier alpha value is -2.84. The molecule has 1 amide bonds. The minimum Gasteiger partial charge on any atom is -0.452 e. The highest BCUT2D eigenvalue weighted by molar-refractivity contribution is 6.37. The van der Waals surface area contributed by atoms with Crippen LogP contribution in [-0.4, -0.2) is 23.4 Å². The highest BCUT2D eigenvalue weighted by atomic mass is 35.5. The zero-order chi connectivity index (χ0) is 18.6. The van der Waals surface area contributed by atoms with Crippen molar-refractivity contribution in [3.63, 3.8) is 0 Å². The molecule has 2 aromatic carbocycles. The number of nitro benzene ring substituents is 1. The molecule has 2 rings (SSSR count). The predicted octanol–water partition coefficient (Wildman–Crippen LogP) is 3.28. The van der Waals surface area contributed by atoms with Gasteiger partial charge < -0.3 is 15.8 Å². The summed E-state index contributed by atoms with van der Waals surface area (Å²) >= 11 is 11.6. The standard InChI is InChI=1S/C15H11Cl2N3O5/c16-8-5-11(14(18)12(17)6-8)15(22)25-7-13(21)19-9-1-3-10(4-2-9)20(23)24/h1-6H,7,18H2,(H,19,21). The van der Waals surface area contributed by atoms with Gasteiger partial charge in [-0.25, -0.2) is 4.79 Å². The van der Waals surface area contributed by atoms with Crippen LogP contribution in [0.5, 0.6) is 0 Å². The fourth-order valence-corrected chi connectivity index (χ4v) is 2.32. The van der Waals surface area contributed by atoms with E-state index >= 15 is 0 Å². The van der Waals surface area contributed by atoms with Crippen LogP contribution < -0.4 is 11.1 Å². The summed E-state index contributed by atoms with van der Waals surface area (Å²) in [6.45, 7) is -0.584. The minimum absolute atomic E-state index is 0.00755. The summed E-state index contributed by atoms with van der Waals surface area (Å²) in [7, 11) is 0. The number of hydrogen-bond acceptors (Lipinski definition) is 6. The molecule has 0 saturated heterocycles. The molecule has 0 heterocycles. The largest absolute Gasteiger partial charge is 0.452 e. The van der Waals surface area contributed by atoms with Gasteiger partial charge in [-0.3, -0.25) is 14.9 Å². The molecule has 0 aliphatic carbocycles. The van der Waals surface area contributed by atoms with E-state index < -0.39 is 23.4 Å². The molecule has 0 saturated carbocycles. The Labute approximate surface area is 151 Å². The maximum absolute atomic E-state index is 12.0. The fraction of sp³-hybridized carbons (Fsp3) is 0.0667. The van der Waals surface area contributed by atoms with E-state index in [0.29, 0.717) is 5.69 Å². The lowest BCUT2D eigenvalue weighted by Gasteiger charge is -2.09. The summed E-state index contributed by atoms with van der Waals surface area (Å²) in [5, 5.41) is 13.3. The first kappa shape index (κ1) is 18.5. The van der Waals surface area contributed by atoms with Gasteiger partial charge in [0.25, 0.3) is 11.6 Å². The molecule has 2 aromatic rings. The van der Waals surface area contributed by atoms with Crippen LogP contribution in [0, 0.1) is 10.1 Å². The summed E-state index contributed by atoms with van der Waals surface area (Å²) in [4.78, 5) is 33.7. The minimum atomic E-state index is -0.860. The maximum atomic E-state index is 12.0. The summed E-state index contributed by atoms with van der Waals surface area (Å²) in [6.07, 6.45) is 0. The van der Waals surface area contributed by atoms with E-state index in [1.54, 1.807) is 0 Å². The molecule has 0 unspecified atom stereocenters. The Bertz CT molecular complexity index is 840. The van der Waals surface area contributed by atoms with Crippen molar-refractivity contribution in [3.05, 3.63) is 62.1 Å². The first-order valence-corrected chi connectivity index (χ1v) is 7.49. The number of nitro groups is 1. The van der Waals surface area contributed by atoms with Crippen molar-refractivity contribution >= 4 is 52.1 Å². The van der Waals surface area contributed by atoms with Crippen molar-refractivity contribution in [1.29, 1.82) is 0 Å². The third-order valence-electron chi connectivity index (χ3n) is 3.01. The van der Waals surface area contributed by atoms with Gasteiger partial charge in [0.05, 0.1) is 21.2 Å². The number of nitrogens with zero attached hydrogens (tertiary/aromatic N) is 1. The highest BCUT2D eigenvalue weighted by Gasteiger charge is 2.16. The Kier molecular flexibility index (Phi) is 5.79. The molecule has 3 N–H and O–H groups in total. The Morgan fingerprint density at radius 2 is 1.84 bits per heavy atom. The molecule has 8 nitrogen and oxygen atoms in total. The van der Waals surface area contributed by atoms with Gasteiger partial charge in [-0.1, -0.05) is 23.2 Å². The van der Waals surface area contributed by atoms with E-state index in [-0.39, 0.29) is 27.0 Å². The number of ether oxygens (including phenoxy) is 1. The molecule has 130 valence electrons. The molecule has 0 radical (unpaired) electrons. The van der Waals surface area contributed by atoms with E-state index in [4.69, 9.17) is 33.7 Å². The zero-order valence-electron chi connectivity index (χ0n) is 12.5. The van der Waals surface area contributed by atoms with Gasteiger partial charge >= 0.3 is 5.97 Å². The number of hydrogen-bond donors (Lipinski definition) is 2. The SMILES string of the molecule is Nc1c(Cl)cc(Cl)cc1C(=O)OCC(=O)Nc1ccc([N+](=O)[O-])cc1. The van der Waals surface area contributed by atoms with Crippen LogP contribution >= 0.6 is 23.2 Å². The summed E-state index contributed by atoms with van der Waals surface area (Å²) < 4.78 is 4.86. The molecule has 0 atom stereocenters. The summed E-state index contributed by atoms with van der Waals surface area (Å²) in [5.41, 5.74) is 5.81. The van der Waals surface area contributed by atoms with Crippen molar-refractivity contribution in [2.75, 3.05) is 17.7 Å². The van der Waals surface area contributed by atoms with Gasteiger partial charge in [0.15, 0.2) is 6.61 Å². The number of nitrogens with two attached hydrogens (primary N) is 1. The van der Waals surface area contributed by atoms with Crippen LogP contribution in [0.3, 0.4) is 0 Å². The number of esters is 1. The van der Waals surface area contributed by atoms with E-state index in [2.05, 4.69) is 5.32 Å². The lowest BCUT2D eigenvalue weighted by Crippen LogP contribution is -2.21. The maximum Gasteiger partial charge on any atom is 0.340 e. The molecule has 0 aliphatic rings. The van der Waals surface area contributed by atoms with Gasteiger partial charge in [-0.15, -0.1) is 0 Å². The van der Waals surface area contributed by atoms with Gasteiger partial charge in [0, 0.05) is 22.8 Å². The number of benzene rings is 2. The Balaban J connectivity index is 1.95. The van der Waals surface area contributed by atoms with Gasteiger partial charge in [-0.05, 0) is 24.3 Å². The lowest BCUT2D eigenvalue weighted by atomic mass is 10.2. The third kappa shape index (κ3) is 4.82. The Morgan fingerprint density at radius 3 is 2.44 bits per heavy atom. The highest BCUT2D eigenvalue weighted by Crippen LogP contribution is 2.28. The van der Waals surface area contributed by atoms with E-state index in [0.717, 1.165) is 0 Å². The van der Waals surface area contributed by atoms with Crippen LogP contribution in [-0.2, 0) is 9.53 Å². The Morgan fingerprint density at radius 1 is 1.20 bits per heavy atom. The number of amides is 1. The molecule has 0 aromatic heterocycles. The molecule has 0 bridgehead atoms. The van der Waals surface area contributed by atoms with Crippen LogP contribution in [0.1, 0.15) is 10.4 Å². The number of non-ortho nitro benzene ring substituents is 1. The fourth-order valence-electron chi connectivity index (χ4n) is 1.83. The van der Waals surface area contributed by atoms with Gasteiger partial charge in [0.2, 0.25) is 0 Å². The first-order valence-electron chi connectivity index (χ1n) is 6.74.